The Labute approximate surface area is 72.6 Å². The van der Waals surface area contributed by atoms with Crippen molar-refractivity contribution in [3.63, 3.8) is 0 Å². The Balaban J connectivity index is 2.86. The summed E-state index contributed by atoms with van der Waals surface area (Å²) in [6.45, 7) is 4.35. The fraction of sp³-hybridized carbons (Fsp3) is 0.200. The fourth-order valence-electron chi connectivity index (χ4n) is 1.27. The molecule has 0 nitrogen and oxygen atoms in total. The van der Waals surface area contributed by atoms with Crippen LogP contribution in [-0.2, 0) is 0 Å². The summed E-state index contributed by atoms with van der Waals surface area (Å²) >= 11 is 0.603. The summed E-state index contributed by atoms with van der Waals surface area (Å²) in [6, 6.07) is 6.74. The Morgan fingerprint density at radius 3 is 2.82 bits per heavy atom. The van der Waals surface area contributed by atoms with Crippen LogP contribution in [0.5, 0.6) is 0 Å². The van der Waals surface area contributed by atoms with Crippen LogP contribution >= 0.6 is 0 Å². The molecule has 0 bridgehead atoms. The molecule has 0 aliphatic rings. The molecule has 2 aromatic rings. The van der Waals surface area contributed by atoms with Gasteiger partial charge in [0.05, 0.1) is 0 Å². The van der Waals surface area contributed by atoms with Crippen molar-refractivity contribution in [3.05, 3.63) is 34.3 Å². The Morgan fingerprint density at radius 1 is 1.18 bits per heavy atom. The number of aryl methyl sites for hydroxylation is 2. The van der Waals surface area contributed by atoms with Gasteiger partial charge in [0.1, 0.15) is 0 Å². The summed E-state index contributed by atoms with van der Waals surface area (Å²) in [4.78, 5) is 2.36. The van der Waals surface area contributed by atoms with E-state index in [0.29, 0.717) is 14.5 Å². The SMILES string of the molecule is Cc1ccc2c(C)c[se]c2c1. The molecule has 0 radical (unpaired) electrons. The molecule has 0 spiro atoms. The molecule has 0 aliphatic carbocycles. The second-order valence-corrected chi connectivity index (χ2v) is 4.83. The molecule has 0 aliphatic heterocycles. The zero-order valence-corrected chi connectivity index (χ0v) is 8.43. The monoisotopic (exact) mass is 210 g/mol. The van der Waals surface area contributed by atoms with Gasteiger partial charge in [-0.25, -0.2) is 0 Å². The third kappa shape index (κ3) is 1.15. The molecule has 0 atom stereocenters. The molecule has 0 saturated carbocycles. The zero-order chi connectivity index (χ0) is 7.84. The van der Waals surface area contributed by atoms with Gasteiger partial charge in [-0.15, -0.1) is 0 Å². The molecule has 1 aromatic carbocycles. The zero-order valence-electron chi connectivity index (χ0n) is 6.72. The molecular formula is C10H10Se. The normalized spacial score (nSPS) is 10.7. The molecule has 1 heteroatoms. The van der Waals surface area contributed by atoms with Crippen molar-refractivity contribution in [2.24, 2.45) is 0 Å². The van der Waals surface area contributed by atoms with Crippen LogP contribution < -0.4 is 0 Å². The van der Waals surface area contributed by atoms with Gasteiger partial charge in [-0.2, -0.15) is 0 Å². The molecular weight excluding hydrogens is 199 g/mol. The first kappa shape index (κ1) is 7.15. The first-order chi connectivity index (χ1) is 5.27. The first-order valence-corrected chi connectivity index (χ1v) is 5.56. The third-order valence-electron chi connectivity index (χ3n) is 1.92. The van der Waals surface area contributed by atoms with Gasteiger partial charge in [0.2, 0.25) is 0 Å². The quantitative estimate of drug-likeness (QED) is 0.585. The van der Waals surface area contributed by atoms with Gasteiger partial charge >= 0.3 is 72.3 Å². The van der Waals surface area contributed by atoms with Gasteiger partial charge in [0.15, 0.2) is 0 Å². The molecule has 1 aromatic heterocycles. The van der Waals surface area contributed by atoms with Crippen molar-refractivity contribution < 1.29 is 0 Å². The summed E-state index contributed by atoms with van der Waals surface area (Å²) in [7, 11) is 0. The number of hydrogen-bond acceptors (Lipinski definition) is 0. The molecule has 1 heterocycles. The van der Waals surface area contributed by atoms with Crippen molar-refractivity contribution in [1.29, 1.82) is 0 Å². The van der Waals surface area contributed by atoms with Gasteiger partial charge in [-0.1, -0.05) is 0 Å². The second-order valence-electron chi connectivity index (χ2n) is 2.92. The predicted molar refractivity (Wildman–Crippen MR) is 50.4 cm³/mol. The van der Waals surface area contributed by atoms with Gasteiger partial charge in [-0.05, 0) is 0 Å². The maximum absolute atomic E-state index is 2.36. The van der Waals surface area contributed by atoms with Crippen molar-refractivity contribution in [2.45, 2.75) is 13.8 Å². The predicted octanol–water partition coefficient (Wildman–Crippen LogP) is 2.51. The average Bonchev–Trinajstić information content (AvgIpc) is 2.32. The summed E-state index contributed by atoms with van der Waals surface area (Å²) in [5.41, 5.74) is 2.84. The van der Waals surface area contributed by atoms with E-state index in [1.165, 1.54) is 16.5 Å². The van der Waals surface area contributed by atoms with Crippen LogP contribution in [0, 0.1) is 13.8 Å². The summed E-state index contributed by atoms with van der Waals surface area (Å²) in [6.07, 6.45) is 0. The first-order valence-electron chi connectivity index (χ1n) is 3.72. The van der Waals surface area contributed by atoms with E-state index in [-0.39, 0.29) is 0 Å². The van der Waals surface area contributed by atoms with Crippen molar-refractivity contribution in [1.82, 2.24) is 0 Å². The Hall–Kier alpha value is -0.521. The van der Waals surface area contributed by atoms with E-state index in [9.17, 15) is 0 Å². The minimum atomic E-state index is 0.603. The summed E-state index contributed by atoms with van der Waals surface area (Å²) in [5.74, 6) is 0. The molecule has 11 heavy (non-hydrogen) atoms. The van der Waals surface area contributed by atoms with Crippen LogP contribution in [0.1, 0.15) is 11.1 Å². The van der Waals surface area contributed by atoms with Gasteiger partial charge in [0, 0.05) is 0 Å². The number of rotatable bonds is 0. The van der Waals surface area contributed by atoms with Crippen molar-refractivity contribution in [3.8, 4) is 0 Å². The minimum absolute atomic E-state index is 0.603. The average molecular weight is 209 g/mol. The molecule has 0 unspecified atom stereocenters. The summed E-state index contributed by atoms with van der Waals surface area (Å²) < 4.78 is 1.55. The number of hydrogen-bond donors (Lipinski definition) is 0. The van der Waals surface area contributed by atoms with Crippen LogP contribution in [0.2, 0.25) is 0 Å². The molecule has 0 saturated heterocycles. The van der Waals surface area contributed by atoms with Crippen LogP contribution in [0.4, 0.5) is 0 Å². The molecule has 0 amide bonds. The van der Waals surface area contributed by atoms with E-state index >= 15 is 0 Å². The third-order valence-corrected chi connectivity index (χ3v) is 4.16. The van der Waals surface area contributed by atoms with E-state index in [2.05, 4.69) is 37.0 Å². The van der Waals surface area contributed by atoms with Crippen LogP contribution in [-0.4, -0.2) is 14.5 Å². The van der Waals surface area contributed by atoms with Crippen molar-refractivity contribution in [2.75, 3.05) is 0 Å². The standard InChI is InChI=1S/C10H10Se/c1-7-3-4-9-8(2)6-11-10(9)5-7/h3-6H,1-2H3. The van der Waals surface area contributed by atoms with Crippen LogP contribution in [0.15, 0.2) is 23.1 Å². The molecule has 56 valence electrons. The van der Waals surface area contributed by atoms with Gasteiger partial charge in [0.25, 0.3) is 0 Å². The maximum atomic E-state index is 2.36. The topological polar surface area (TPSA) is 0 Å². The van der Waals surface area contributed by atoms with Gasteiger partial charge < -0.3 is 0 Å². The Morgan fingerprint density at radius 2 is 2.00 bits per heavy atom. The van der Waals surface area contributed by atoms with E-state index in [1.807, 2.05) is 0 Å². The Kier molecular flexibility index (Phi) is 1.63. The Bertz CT molecular complexity index is 385. The van der Waals surface area contributed by atoms with Crippen molar-refractivity contribution >= 4 is 24.1 Å². The number of fused-ring (bicyclic) bond motifs is 1. The van der Waals surface area contributed by atoms with E-state index in [0.717, 1.165) is 0 Å². The van der Waals surface area contributed by atoms with Crippen LogP contribution in [0.25, 0.3) is 9.65 Å². The second kappa shape index (κ2) is 2.51. The number of benzene rings is 1. The summed E-state index contributed by atoms with van der Waals surface area (Å²) in [5, 5.41) is 1.47. The van der Waals surface area contributed by atoms with Gasteiger partial charge in [-0.3, -0.25) is 0 Å². The van der Waals surface area contributed by atoms with E-state index < -0.39 is 0 Å². The fourth-order valence-corrected chi connectivity index (χ4v) is 3.45. The molecule has 2 rings (SSSR count). The molecule has 0 fully saturated rings. The molecule has 0 N–H and O–H groups in total. The van der Waals surface area contributed by atoms with E-state index in [1.54, 1.807) is 4.26 Å². The van der Waals surface area contributed by atoms with E-state index in [4.69, 9.17) is 0 Å². The van der Waals surface area contributed by atoms with Crippen LogP contribution in [0.3, 0.4) is 0 Å².